The molecule has 0 saturated heterocycles. The zero-order valence-corrected chi connectivity index (χ0v) is 16.5. The van der Waals surface area contributed by atoms with Crippen LogP contribution in [0.2, 0.25) is 5.02 Å². The summed E-state index contributed by atoms with van der Waals surface area (Å²) in [4.78, 5) is 20.7. The smallest absolute Gasteiger partial charge is 0.293 e. The molecule has 0 aliphatic heterocycles. The molecule has 12 heteroatoms. The molecule has 0 saturated carbocycles. The van der Waals surface area contributed by atoms with E-state index in [1.54, 1.807) is 6.92 Å². The molecule has 10 nitrogen and oxygen atoms in total. The quantitative estimate of drug-likeness (QED) is 0.369. The zero-order valence-electron chi connectivity index (χ0n) is 14.9. The van der Waals surface area contributed by atoms with Gasteiger partial charge in [-0.2, -0.15) is 0 Å². The number of halogens is 1. The number of rotatable bonds is 8. The highest BCUT2D eigenvalue weighted by atomic mass is 35.5. The first kappa shape index (κ1) is 21.4. The molecule has 0 atom stereocenters. The van der Waals surface area contributed by atoms with Crippen molar-refractivity contribution in [2.45, 2.75) is 11.8 Å². The van der Waals surface area contributed by atoms with E-state index in [9.17, 15) is 28.6 Å². The lowest BCUT2D eigenvalue weighted by Gasteiger charge is -2.13. The second-order valence-electron chi connectivity index (χ2n) is 5.94. The molecule has 0 fully saturated rings. The van der Waals surface area contributed by atoms with E-state index in [-0.39, 0.29) is 33.5 Å². The van der Waals surface area contributed by atoms with Crippen molar-refractivity contribution in [3.63, 3.8) is 0 Å². The number of nitro groups is 2. The maximum Gasteiger partial charge on any atom is 0.293 e. The molecular weight excluding hydrogens is 412 g/mol. The first-order chi connectivity index (χ1) is 13.0. The van der Waals surface area contributed by atoms with E-state index in [0.29, 0.717) is 17.8 Å². The van der Waals surface area contributed by atoms with Gasteiger partial charge >= 0.3 is 0 Å². The third kappa shape index (κ3) is 5.08. The van der Waals surface area contributed by atoms with Crippen molar-refractivity contribution in [3.05, 3.63) is 61.1 Å². The molecular formula is C16H17ClN4O6S. The van der Waals surface area contributed by atoms with Gasteiger partial charge in [-0.25, -0.2) is 8.42 Å². The maximum absolute atomic E-state index is 11.6. The van der Waals surface area contributed by atoms with Crippen LogP contribution in [0.4, 0.5) is 22.7 Å². The molecule has 0 bridgehead atoms. The highest BCUT2D eigenvalue weighted by Crippen LogP contribution is 2.31. The SMILES string of the molecule is Cc1cc([N+](=O)[O-])cc(Cl)c1NCCNc1ccc(S(C)(=O)=O)cc1[N+](=O)[O-]. The summed E-state index contributed by atoms with van der Waals surface area (Å²) in [5.41, 5.74) is 0.810. The van der Waals surface area contributed by atoms with Crippen LogP contribution < -0.4 is 10.6 Å². The van der Waals surface area contributed by atoms with Gasteiger partial charge in [-0.1, -0.05) is 11.6 Å². The van der Waals surface area contributed by atoms with Gasteiger partial charge in [-0.15, -0.1) is 0 Å². The van der Waals surface area contributed by atoms with Gasteiger partial charge in [0, 0.05) is 37.5 Å². The Morgan fingerprint density at radius 1 is 1.04 bits per heavy atom. The van der Waals surface area contributed by atoms with E-state index < -0.39 is 19.7 Å². The van der Waals surface area contributed by atoms with Gasteiger partial charge in [0.25, 0.3) is 11.4 Å². The van der Waals surface area contributed by atoms with Gasteiger partial charge in [0.05, 0.1) is 25.5 Å². The number of nitro benzene ring substituents is 2. The van der Waals surface area contributed by atoms with Gasteiger partial charge in [0.15, 0.2) is 9.84 Å². The van der Waals surface area contributed by atoms with Gasteiger partial charge in [-0.3, -0.25) is 20.2 Å². The number of hydrogen-bond donors (Lipinski definition) is 2. The lowest BCUT2D eigenvalue weighted by atomic mass is 10.1. The van der Waals surface area contributed by atoms with E-state index in [1.165, 1.54) is 24.3 Å². The molecule has 0 spiro atoms. The van der Waals surface area contributed by atoms with Crippen LogP contribution in [0.25, 0.3) is 0 Å². The summed E-state index contributed by atoms with van der Waals surface area (Å²) in [5, 5.41) is 28.1. The van der Waals surface area contributed by atoms with Crippen LogP contribution in [-0.4, -0.2) is 37.6 Å². The maximum atomic E-state index is 11.6. The third-order valence-corrected chi connectivity index (χ3v) is 5.23. The highest BCUT2D eigenvalue weighted by Gasteiger charge is 2.18. The van der Waals surface area contributed by atoms with Crippen molar-refractivity contribution in [1.82, 2.24) is 0 Å². The minimum atomic E-state index is -3.56. The molecule has 0 radical (unpaired) electrons. The molecule has 0 amide bonds. The van der Waals surface area contributed by atoms with Crippen molar-refractivity contribution in [2.75, 3.05) is 30.0 Å². The summed E-state index contributed by atoms with van der Waals surface area (Å²) in [7, 11) is -3.56. The topological polar surface area (TPSA) is 144 Å². The lowest BCUT2D eigenvalue weighted by molar-refractivity contribution is -0.384. The molecule has 0 aromatic heterocycles. The summed E-state index contributed by atoms with van der Waals surface area (Å²) >= 11 is 6.07. The Bertz CT molecular complexity index is 1020. The first-order valence-electron chi connectivity index (χ1n) is 7.91. The predicted molar refractivity (Wildman–Crippen MR) is 106 cm³/mol. The predicted octanol–water partition coefficient (Wildman–Crippen LogP) is 3.39. The molecule has 0 heterocycles. The summed E-state index contributed by atoms with van der Waals surface area (Å²) in [6, 6.07) is 6.24. The normalized spacial score (nSPS) is 11.1. The van der Waals surface area contributed by atoms with Crippen molar-refractivity contribution < 1.29 is 18.3 Å². The first-order valence-corrected chi connectivity index (χ1v) is 10.2. The average molecular weight is 429 g/mol. The number of nitrogens with zero attached hydrogens (tertiary/aromatic N) is 2. The van der Waals surface area contributed by atoms with E-state index in [2.05, 4.69) is 10.6 Å². The van der Waals surface area contributed by atoms with Crippen molar-refractivity contribution in [2.24, 2.45) is 0 Å². The van der Waals surface area contributed by atoms with Gasteiger partial charge in [-0.05, 0) is 24.6 Å². The van der Waals surface area contributed by atoms with Crippen LogP contribution in [0.15, 0.2) is 35.2 Å². The molecule has 0 aliphatic rings. The van der Waals surface area contributed by atoms with Gasteiger partial charge in [0.2, 0.25) is 0 Å². The lowest BCUT2D eigenvalue weighted by Crippen LogP contribution is -2.15. The fraction of sp³-hybridized carbons (Fsp3) is 0.250. The van der Waals surface area contributed by atoms with Gasteiger partial charge < -0.3 is 10.6 Å². The number of non-ortho nitro benzene ring substituents is 1. The second kappa shape index (κ2) is 8.40. The van der Waals surface area contributed by atoms with Crippen LogP contribution >= 0.6 is 11.6 Å². The molecule has 0 unspecified atom stereocenters. The molecule has 28 heavy (non-hydrogen) atoms. The van der Waals surface area contributed by atoms with E-state index in [0.717, 1.165) is 12.3 Å². The summed E-state index contributed by atoms with van der Waals surface area (Å²) in [6.07, 6.45) is 0.972. The third-order valence-electron chi connectivity index (χ3n) is 3.82. The minimum absolute atomic E-state index is 0.118. The van der Waals surface area contributed by atoms with E-state index in [4.69, 9.17) is 11.6 Å². The standard InChI is InChI=1S/C16H17ClN4O6S/c1-10-7-11(20(22)23)8-13(17)16(10)19-6-5-18-14-4-3-12(28(2,26)27)9-15(14)21(24)25/h3-4,7-9,18-19H,5-6H2,1-2H3. The molecule has 0 aliphatic carbocycles. The molecule has 2 aromatic carbocycles. The number of benzene rings is 2. The Morgan fingerprint density at radius 2 is 1.68 bits per heavy atom. The van der Waals surface area contributed by atoms with Gasteiger partial charge in [0.1, 0.15) is 5.69 Å². The monoisotopic (exact) mass is 428 g/mol. The van der Waals surface area contributed by atoms with Crippen LogP contribution in [0.3, 0.4) is 0 Å². The molecule has 2 rings (SSSR count). The van der Waals surface area contributed by atoms with Crippen molar-refractivity contribution in [1.29, 1.82) is 0 Å². The number of sulfone groups is 1. The molecule has 150 valence electrons. The Labute approximate surface area is 165 Å². The van der Waals surface area contributed by atoms with Crippen LogP contribution in [-0.2, 0) is 9.84 Å². The Balaban J connectivity index is 2.08. The van der Waals surface area contributed by atoms with E-state index >= 15 is 0 Å². The fourth-order valence-corrected chi connectivity index (χ4v) is 3.45. The average Bonchev–Trinajstić information content (AvgIpc) is 2.59. The Morgan fingerprint density at radius 3 is 2.21 bits per heavy atom. The number of nitrogens with one attached hydrogen (secondary N) is 2. The fourth-order valence-electron chi connectivity index (χ4n) is 2.48. The summed E-state index contributed by atoms with van der Waals surface area (Å²) < 4.78 is 23.1. The van der Waals surface area contributed by atoms with E-state index in [1.807, 2.05) is 0 Å². The van der Waals surface area contributed by atoms with Crippen LogP contribution in [0, 0.1) is 27.2 Å². The Hall–Kier alpha value is -2.92. The number of anilines is 2. The van der Waals surface area contributed by atoms with Crippen LogP contribution in [0.5, 0.6) is 0 Å². The Kier molecular flexibility index (Phi) is 6.41. The molecule has 2 aromatic rings. The minimum Gasteiger partial charge on any atom is -0.382 e. The molecule has 2 N–H and O–H groups in total. The number of aryl methyl sites for hydroxylation is 1. The second-order valence-corrected chi connectivity index (χ2v) is 8.36. The van der Waals surface area contributed by atoms with Crippen molar-refractivity contribution >= 4 is 44.2 Å². The largest absolute Gasteiger partial charge is 0.382 e. The summed E-state index contributed by atoms with van der Waals surface area (Å²) in [5.74, 6) is 0. The van der Waals surface area contributed by atoms with Crippen LogP contribution in [0.1, 0.15) is 5.56 Å². The zero-order chi connectivity index (χ0) is 21.1. The van der Waals surface area contributed by atoms with Crippen molar-refractivity contribution in [3.8, 4) is 0 Å². The number of hydrogen-bond acceptors (Lipinski definition) is 8. The highest BCUT2D eigenvalue weighted by molar-refractivity contribution is 7.90. The summed E-state index contributed by atoms with van der Waals surface area (Å²) in [6.45, 7) is 2.23.